The van der Waals surface area contributed by atoms with Crippen molar-refractivity contribution < 1.29 is 22.7 Å². The van der Waals surface area contributed by atoms with Crippen molar-refractivity contribution in [2.75, 3.05) is 20.1 Å². The van der Waals surface area contributed by atoms with E-state index in [0.29, 0.717) is 35.6 Å². The van der Waals surface area contributed by atoms with Crippen molar-refractivity contribution in [1.29, 1.82) is 0 Å². The number of carbonyl (C=O) groups excluding carboxylic acids is 1. The number of alkyl halides is 2. The second-order valence-electron chi connectivity index (χ2n) is 7.65. The smallest absolute Gasteiger partial charge is 0.280 e. The van der Waals surface area contributed by atoms with Crippen LogP contribution in [0.15, 0.2) is 28.1 Å². The number of aromatic nitrogens is 1. The van der Waals surface area contributed by atoms with E-state index in [0.717, 1.165) is 10.6 Å². The van der Waals surface area contributed by atoms with E-state index in [2.05, 4.69) is 10.3 Å². The average molecular weight is 435 g/mol. The van der Waals surface area contributed by atoms with Crippen molar-refractivity contribution in [3.63, 3.8) is 0 Å². The number of thiazole rings is 1. The average Bonchev–Trinajstić information content (AvgIpc) is 3.23. The van der Waals surface area contributed by atoms with Gasteiger partial charge in [-0.25, -0.2) is 13.8 Å². The van der Waals surface area contributed by atoms with E-state index in [4.69, 9.17) is 9.15 Å². The van der Waals surface area contributed by atoms with Gasteiger partial charge in [-0.3, -0.25) is 4.79 Å². The van der Waals surface area contributed by atoms with Gasteiger partial charge < -0.3 is 19.4 Å². The third-order valence-corrected chi connectivity index (χ3v) is 6.28. The van der Waals surface area contributed by atoms with Crippen LogP contribution in [0.5, 0.6) is 5.75 Å². The van der Waals surface area contributed by atoms with E-state index in [1.807, 2.05) is 6.92 Å². The van der Waals surface area contributed by atoms with Gasteiger partial charge in [-0.05, 0) is 45.5 Å². The number of fused-ring (bicyclic) bond motifs is 1. The molecule has 30 heavy (non-hydrogen) atoms. The zero-order valence-corrected chi connectivity index (χ0v) is 17.8. The zero-order chi connectivity index (χ0) is 21.5. The van der Waals surface area contributed by atoms with Gasteiger partial charge in [0.15, 0.2) is 0 Å². The summed E-state index contributed by atoms with van der Waals surface area (Å²) < 4.78 is 40.3. The quantitative estimate of drug-likeness (QED) is 0.652. The molecule has 0 aliphatic carbocycles. The lowest BCUT2D eigenvalue weighted by atomic mass is 10.00. The molecular formula is C21H23F2N3O3S. The Morgan fingerprint density at radius 2 is 2.23 bits per heavy atom. The SMILES string of the molecule is Cc1ncsc1COc1ccc2oc(C)c(C(=O)NC3CCN(C)CC3(F)F)c2c1. The van der Waals surface area contributed by atoms with E-state index in [1.54, 1.807) is 42.6 Å². The number of benzene rings is 1. The molecule has 3 aromatic rings. The number of aryl methyl sites for hydroxylation is 2. The molecule has 6 nitrogen and oxygen atoms in total. The highest BCUT2D eigenvalue weighted by Crippen LogP contribution is 2.31. The first kappa shape index (κ1) is 20.7. The van der Waals surface area contributed by atoms with Gasteiger partial charge in [0.1, 0.15) is 23.7 Å². The molecule has 9 heteroatoms. The van der Waals surface area contributed by atoms with Crippen molar-refractivity contribution in [3.8, 4) is 5.75 Å². The van der Waals surface area contributed by atoms with Crippen LogP contribution in [0.3, 0.4) is 0 Å². The number of nitrogens with one attached hydrogen (secondary N) is 1. The molecule has 3 heterocycles. The van der Waals surface area contributed by atoms with Crippen LogP contribution in [-0.4, -0.2) is 47.9 Å². The number of rotatable bonds is 5. The van der Waals surface area contributed by atoms with Crippen LogP contribution in [0.25, 0.3) is 11.0 Å². The minimum atomic E-state index is -2.99. The lowest BCUT2D eigenvalue weighted by molar-refractivity contribution is -0.0816. The molecule has 0 saturated carbocycles. The highest BCUT2D eigenvalue weighted by Gasteiger charge is 2.44. The molecular weight excluding hydrogens is 412 g/mol. The van der Waals surface area contributed by atoms with E-state index in [9.17, 15) is 13.6 Å². The van der Waals surface area contributed by atoms with Crippen LogP contribution in [-0.2, 0) is 6.61 Å². The molecule has 0 bridgehead atoms. The second-order valence-corrected chi connectivity index (χ2v) is 8.59. The Morgan fingerprint density at radius 3 is 2.93 bits per heavy atom. The van der Waals surface area contributed by atoms with Crippen LogP contribution in [0.2, 0.25) is 0 Å². The monoisotopic (exact) mass is 435 g/mol. The minimum absolute atomic E-state index is 0.187. The number of nitrogens with zero attached hydrogens (tertiary/aromatic N) is 2. The summed E-state index contributed by atoms with van der Waals surface area (Å²) in [5.41, 5.74) is 3.45. The molecule has 1 amide bonds. The molecule has 1 aromatic carbocycles. The minimum Gasteiger partial charge on any atom is -0.488 e. The predicted octanol–water partition coefficient (Wildman–Crippen LogP) is 4.15. The molecule has 2 aromatic heterocycles. The molecule has 1 atom stereocenters. The van der Waals surface area contributed by atoms with Crippen LogP contribution >= 0.6 is 11.3 Å². The summed E-state index contributed by atoms with van der Waals surface area (Å²) in [6.45, 7) is 4.06. The topological polar surface area (TPSA) is 67.6 Å². The normalized spacial score (nSPS) is 19.2. The van der Waals surface area contributed by atoms with E-state index in [1.165, 1.54) is 11.3 Å². The zero-order valence-electron chi connectivity index (χ0n) is 17.0. The first-order chi connectivity index (χ1) is 14.2. The van der Waals surface area contributed by atoms with Gasteiger partial charge in [0.2, 0.25) is 0 Å². The third kappa shape index (κ3) is 4.04. The number of likely N-dealkylation sites (tertiary alicyclic amines) is 1. The first-order valence-electron chi connectivity index (χ1n) is 9.67. The van der Waals surface area contributed by atoms with Crippen molar-refractivity contribution in [3.05, 3.63) is 45.6 Å². The second kappa shape index (κ2) is 7.96. The standard InChI is InChI=1S/C21H23F2N3O3S/c1-12-17(30-11-24-12)9-28-14-4-5-16-15(8-14)19(13(2)29-16)20(27)25-18-6-7-26(3)10-21(18,22)23/h4-5,8,11,18H,6-7,9-10H2,1-3H3,(H,25,27). The van der Waals surface area contributed by atoms with Gasteiger partial charge >= 0.3 is 0 Å². The Morgan fingerprint density at radius 1 is 1.43 bits per heavy atom. The van der Waals surface area contributed by atoms with Gasteiger partial charge in [0.25, 0.3) is 11.8 Å². The van der Waals surface area contributed by atoms with E-state index < -0.39 is 17.9 Å². The van der Waals surface area contributed by atoms with Gasteiger partial charge in [-0.2, -0.15) is 0 Å². The summed E-state index contributed by atoms with van der Waals surface area (Å²) in [5, 5.41) is 3.06. The molecule has 0 radical (unpaired) electrons. The summed E-state index contributed by atoms with van der Waals surface area (Å²) in [7, 11) is 1.65. The summed E-state index contributed by atoms with van der Waals surface area (Å²) in [4.78, 5) is 19.7. The fraction of sp³-hybridized carbons (Fsp3) is 0.429. The number of hydrogen-bond acceptors (Lipinski definition) is 6. The van der Waals surface area contributed by atoms with Crippen LogP contribution in [0, 0.1) is 13.8 Å². The lowest BCUT2D eigenvalue weighted by Crippen LogP contribution is -2.57. The molecule has 4 rings (SSSR count). The Bertz CT molecular complexity index is 1080. The molecule has 1 saturated heterocycles. The predicted molar refractivity (Wildman–Crippen MR) is 110 cm³/mol. The number of hydrogen-bond donors (Lipinski definition) is 1. The Hall–Kier alpha value is -2.52. The molecule has 1 N–H and O–H groups in total. The summed E-state index contributed by atoms with van der Waals surface area (Å²) in [5.74, 6) is -2.60. The highest BCUT2D eigenvalue weighted by atomic mass is 32.1. The van der Waals surface area contributed by atoms with E-state index in [-0.39, 0.29) is 18.5 Å². The van der Waals surface area contributed by atoms with Crippen molar-refractivity contribution in [2.45, 2.75) is 38.8 Å². The van der Waals surface area contributed by atoms with E-state index >= 15 is 0 Å². The van der Waals surface area contributed by atoms with Gasteiger partial charge in [0.05, 0.1) is 34.2 Å². The van der Waals surface area contributed by atoms with Crippen LogP contribution < -0.4 is 10.1 Å². The molecule has 1 aliphatic rings. The molecule has 160 valence electrons. The first-order valence-corrected chi connectivity index (χ1v) is 10.5. The number of ether oxygens (including phenoxy) is 1. The Labute approximate surface area is 176 Å². The summed E-state index contributed by atoms with van der Waals surface area (Å²) in [6, 6.07) is 3.98. The number of piperidine rings is 1. The van der Waals surface area contributed by atoms with Crippen LogP contribution in [0.1, 0.15) is 33.1 Å². The maximum Gasteiger partial charge on any atom is 0.280 e. The highest BCUT2D eigenvalue weighted by molar-refractivity contribution is 7.09. The molecule has 0 spiro atoms. The van der Waals surface area contributed by atoms with Crippen LogP contribution in [0.4, 0.5) is 8.78 Å². The molecule has 1 unspecified atom stereocenters. The Kier molecular flexibility index (Phi) is 5.50. The number of amides is 1. The van der Waals surface area contributed by atoms with Crippen molar-refractivity contribution in [2.24, 2.45) is 0 Å². The summed E-state index contributed by atoms with van der Waals surface area (Å²) in [6.07, 6.45) is 0.187. The lowest BCUT2D eigenvalue weighted by Gasteiger charge is -2.36. The number of furan rings is 1. The van der Waals surface area contributed by atoms with Gasteiger partial charge in [0, 0.05) is 11.9 Å². The van der Waals surface area contributed by atoms with Gasteiger partial charge in [-0.1, -0.05) is 0 Å². The fourth-order valence-corrected chi connectivity index (χ4v) is 4.39. The maximum absolute atomic E-state index is 14.4. The fourth-order valence-electron chi connectivity index (χ4n) is 3.70. The largest absolute Gasteiger partial charge is 0.488 e. The van der Waals surface area contributed by atoms with Gasteiger partial charge in [-0.15, -0.1) is 11.3 Å². The molecule has 1 fully saturated rings. The maximum atomic E-state index is 14.4. The number of halogens is 2. The Balaban J connectivity index is 1.56. The third-order valence-electron chi connectivity index (χ3n) is 5.37. The number of carbonyl (C=O) groups is 1. The van der Waals surface area contributed by atoms with Crippen molar-refractivity contribution in [1.82, 2.24) is 15.2 Å². The summed E-state index contributed by atoms with van der Waals surface area (Å²) >= 11 is 1.51. The molecule has 1 aliphatic heterocycles. The van der Waals surface area contributed by atoms with Crippen molar-refractivity contribution >= 4 is 28.2 Å².